The second-order valence-corrected chi connectivity index (χ2v) is 5.22. The van der Waals surface area contributed by atoms with E-state index in [1.165, 1.54) is 0 Å². The molecule has 0 aliphatic heterocycles. The van der Waals surface area contributed by atoms with Crippen molar-refractivity contribution in [3.8, 4) is 0 Å². The molecule has 1 unspecified atom stereocenters. The van der Waals surface area contributed by atoms with Gasteiger partial charge in [-0.3, -0.25) is 0 Å². The van der Waals surface area contributed by atoms with Crippen molar-refractivity contribution in [1.82, 2.24) is 9.97 Å². The minimum absolute atomic E-state index is 0.378. The molecule has 0 saturated heterocycles. The predicted octanol–water partition coefficient (Wildman–Crippen LogP) is 2.85. The Hall–Kier alpha value is -0.910. The predicted molar refractivity (Wildman–Crippen MR) is 71.4 cm³/mol. The zero-order chi connectivity index (χ0) is 10.8. The Balaban J connectivity index is 2.47. The van der Waals surface area contributed by atoms with Crippen LogP contribution in [0.15, 0.2) is 30.5 Å². The van der Waals surface area contributed by atoms with Gasteiger partial charge >= 0.3 is 0 Å². The van der Waals surface area contributed by atoms with Crippen LogP contribution in [0.2, 0.25) is 0 Å². The summed E-state index contributed by atoms with van der Waals surface area (Å²) < 4.78 is 0.378. The molecule has 2 aromatic rings. The van der Waals surface area contributed by atoms with Crippen LogP contribution < -0.4 is 4.90 Å². The molecule has 0 bridgehead atoms. The van der Waals surface area contributed by atoms with E-state index in [-0.39, 0.29) is 0 Å². The van der Waals surface area contributed by atoms with Crippen LogP contribution >= 0.6 is 22.6 Å². The Morgan fingerprint density at radius 2 is 2.07 bits per heavy atom. The molecule has 0 radical (unpaired) electrons. The van der Waals surface area contributed by atoms with Crippen molar-refractivity contribution in [2.24, 2.45) is 0 Å². The smallest absolute Gasteiger partial charge is 0.226 e. The SMILES string of the molecule is CC(I)N(C)c1ncc2ccccc2n1. The number of anilines is 1. The highest BCUT2D eigenvalue weighted by atomic mass is 127. The van der Waals surface area contributed by atoms with Gasteiger partial charge in [-0.05, 0) is 13.0 Å². The van der Waals surface area contributed by atoms with Gasteiger partial charge in [-0.15, -0.1) is 0 Å². The maximum Gasteiger partial charge on any atom is 0.226 e. The van der Waals surface area contributed by atoms with Gasteiger partial charge in [-0.25, -0.2) is 9.97 Å². The highest BCUT2D eigenvalue weighted by molar-refractivity contribution is 14.1. The van der Waals surface area contributed by atoms with E-state index >= 15 is 0 Å². The van der Waals surface area contributed by atoms with Crippen LogP contribution in [0.1, 0.15) is 6.92 Å². The fourth-order valence-corrected chi connectivity index (χ4v) is 1.54. The summed E-state index contributed by atoms with van der Waals surface area (Å²) in [6.07, 6.45) is 1.87. The Labute approximate surface area is 103 Å². The third-order valence-electron chi connectivity index (χ3n) is 2.33. The Bertz CT molecular complexity index is 470. The van der Waals surface area contributed by atoms with Gasteiger partial charge in [-0.1, -0.05) is 40.8 Å². The lowest BCUT2D eigenvalue weighted by atomic mass is 10.2. The summed E-state index contributed by atoms with van der Waals surface area (Å²) in [5.41, 5.74) is 0.992. The fourth-order valence-electron chi connectivity index (χ4n) is 1.29. The summed E-state index contributed by atoms with van der Waals surface area (Å²) >= 11 is 2.34. The van der Waals surface area contributed by atoms with E-state index < -0.39 is 0 Å². The molecular formula is C11H12IN3. The number of halogens is 1. The molecule has 0 amide bonds. The highest BCUT2D eigenvalue weighted by Gasteiger charge is 2.09. The molecule has 0 N–H and O–H groups in total. The van der Waals surface area contributed by atoms with Crippen LogP contribution in [-0.4, -0.2) is 21.1 Å². The van der Waals surface area contributed by atoms with Gasteiger partial charge in [0.2, 0.25) is 5.95 Å². The number of hydrogen-bond donors (Lipinski definition) is 0. The van der Waals surface area contributed by atoms with Crippen molar-refractivity contribution in [3.63, 3.8) is 0 Å². The maximum atomic E-state index is 4.51. The van der Waals surface area contributed by atoms with Crippen molar-refractivity contribution in [3.05, 3.63) is 30.5 Å². The molecule has 1 aromatic carbocycles. The zero-order valence-corrected chi connectivity index (χ0v) is 10.8. The molecule has 0 fully saturated rings. The van der Waals surface area contributed by atoms with Crippen LogP contribution in [0.5, 0.6) is 0 Å². The van der Waals surface area contributed by atoms with Crippen molar-refractivity contribution in [2.75, 3.05) is 11.9 Å². The number of alkyl halides is 1. The number of aromatic nitrogens is 2. The number of rotatable bonds is 2. The van der Waals surface area contributed by atoms with Crippen LogP contribution in [0.3, 0.4) is 0 Å². The van der Waals surface area contributed by atoms with E-state index in [2.05, 4.69) is 39.5 Å². The molecule has 1 atom stereocenters. The maximum absolute atomic E-state index is 4.51. The summed E-state index contributed by atoms with van der Waals surface area (Å²) in [5, 5.41) is 1.08. The molecule has 0 spiro atoms. The van der Waals surface area contributed by atoms with E-state index in [4.69, 9.17) is 0 Å². The molecule has 3 nitrogen and oxygen atoms in total. The summed E-state index contributed by atoms with van der Waals surface area (Å²) in [6, 6.07) is 8.02. The topological polar surface area (TPSA) is 29.0 Å². The molecule has 2 rings (SSSR count). The first-order valence-electron chi connectivity index (χ1n) is 4.77. The molecule has 4 heteroatoms. The minimum atomic E-state index is 0.378. The standard InChI is InChI=1S/C11H12IN3/c1-8(12)15(2)11-13-7-9-5-3-4-6-10(9)14-11/h3-8H,1-2H3. The molecular weight excluding hydrogens is 301 g/mol. The quantitative estimate of drug-likeness (QED) is 0.485. The van der Waals surface area contributed by atoms with Crippen molar-refractivity contribution in [2.45, 2.75) is 11.0 Å². The number of benzene rings is 1. The van der Waals surface area contributed by atoms with Crippen molar-refractivity contribution in [1.29, 1.82) is 0 Å². The van der Waals surface area contributed by atoms with Gasteiger partial charge in [0, 0.05) is 18.6 Å². The zero-order valence-electron chi connectivity index (χ0n) is 8.68. The number of hydrogen-bond acceptors (Lipinski definition) is 3. The number of fused-ring (bicyclic) bond motifs is 1. The summed E-state index contributed by atoms with van der Waals surface area (Å²) in [6.45, 7) is 2.11. The average molecular weight is 313 g/mol. The lowest BCUT2D eigenvalue weighted by Crippen LogP contribution is -2.25. The van der Waals surface area contributed by atoms with E-state index in [0.29, 0.717) is 4.05 Å². The first-order chi connectivity index (χ1) is 7.18. The first kappa shape index (κ1) is 10.6. The molecule has 1 aromatic heterocycles. The van der Waals surface area contributed by atoms with Crippen molar-refractivity contribution >= 4 is 39.4 Å². The van der Waals surface area contributed by atoms with E-state index in [1.807, 2.05) is 42.4 Å². The van der Waals surface area contributed by atoms with Crippen LogP contribution in [-0.2, 0) is 0 Å². The Morgan fingerprint density at radius 1 is 1.33 bits per heavy atom. The average Bonchev–Trinajstić information content (AvgIpc) is 2.27. The minimum Gasteiger partial charge on any atom is -0.332 e. The van der Waals surface area contributed by atoms with Gasteiger partial charge < -0.3 is 4.90 Å². The van der Waals surface area contributed by atoms with E-state index in [1.54, 1.807) is 0 Å². The van der Waals surface area contributed by atoms with E-state index in [0.717, 1.165) is 16.9 Å². The monoisotopic (exact) mass is 313 g/mol. The fraction of sp³-hybridized carbons (Fsp3) is 0.273. The molecule has 1 heterocycles. The third-order valence-corrected chi connectivity index (χ3v) is 3.16. The third kappa shape index (κ3) is 2.19. The Morgan fingerprint density at radius 3 is 2.80 bits per heavy atom. The van der Waals surface area contributed by atoms with Crippen molar-refractivity contribution < 1.29 is 0 Å². The van der Waals surface area contributed by atoms with Crippen LogP contribution in [0, 0.1) is 0 Å². The molecule has 15 heavy (non-hydrogen) atoms. The Kier molecular flexibility index (Phi) is 3.04. The van der Waals surface area contributed by atoms with Gasteiger partial charge in [-0.2, -0.15) is 0 Å². The summed E-state index contributed by atoms with van der Waals surface area (Å²) in [4.78, 5) is 10.9. The van der Waals surface area contributed by atoms with Crippen LogP contribution in [0.25, 0.3) is 10.9 Å². The highest BCUT2D eigenvalue weighted by Crippen LogP contribution is 2.17. The van der Waals surface area contributed by atoms with Gasteiger partial charge in [0.15, 0.2) is 0 Å². The van der Waals surface area contributed by atoms with E-state index in [9.17, 15) is 0 Å². The summed E-state index contributed by atoms with van der Waals surface area (Å²) in [7, 11) is 2.00. The van der Waals surface area contributed by atoms with Gasteiger partial charge in [0.05, 0.1) is 9.57 Å². The lowest BCUT2D eigenvalue weighted by molar-refractivity contribution is 0.886. The largest absolute Gasteiger partial charge is 0.332 e. The number of nitrogens with zero attached hydrogens (tertiary/aromatic N) is 3. The molecule has 78 valence electrons. The number of para-hydroxylation sites is 1. The molecule has 0 aliphatic carbocycles. The lowest BCUT2D eigenvalue weighted by Gasteiger charge is -2.19. The second kappa shape index (κ2) is 4.30. The molecule has 0 aliphatic rings. The van der Waals surface area contributed by atoms with Gasteiger partial charge in [0.1, 0.15) is 0 Å². The van der Waals surface area contributed by atoms with Crippen LogP contribution in [0.4, 0.5) is 5.95 Å². The normalized spacial score (nSPS) is 12.7. The first-order valence-corrected chi connectivity index (χ1v) is 6.02. The summed E-state index contributed by atoms with van der Waals surface area (Å²) in [5.74, 6) is 0.774. The van der Waals surface area contributed by atoms with Gasteiger partial charge in [0.25, 0.3) is 0 Å². The molecule has 0 saturated carbocycles. The second-order valence-electron chi connectivity index (χ2n) is 3.41.